The Hall–Kier alpha value is -2.54. The normalized spacial score (nSPS) is 13.4. The number of benzene rings is 2. The Morgan fingerprint density at radius 1 is 1.13 bits per heavy atom. The standard InChI is InChI=1S/C23H32N2O4S/c1-7-18-9-12-20(13-10-18)25(30(6,27)28)17(4)23(26)24-21(8-2)19-11-14-22(29-5)16(3)15-19/h9-15,17,21H,7-8H2,1-6H3,(H,24,26)/t17-,21-/m0/s1. The average Bonchev–Trinajstić information content (AvgIpc) is 2.71. The third-order valence-corrected chi connectivity index (χ3v) is 6.48. The van der Waals surface area contributed by atoms with Crippen LogP contribution in [0.15, 0.2) is 42.5 Å². The highest BCUT2D eigenvalue weighted by molar-refractivity contribution is 7.92. The van der Waals surface area contributed by atoms with Gasteiger partial charge in [0.15, 0.2) is 0 Å². The van der Waals surface area contributed by atoms with Crippen molar-refractivity contribution in [2.24, 2.45) is 0 Å². The Morgan fingerprint density at radius 2 is 1.77 bits per heavy atom. The number of hydrogen-bond donors (Lipinski definition) is 1. The number of methoxy groups -OCH3 is 1. The van der Waals surface area contributed by atoms with E-state index >= 15 is 0 Å². The maximum Gasteiger partial charge on any atom is 0.244 e. The van der Waals surface area contributed by atoms with Gasteiger partial charge < -0.3 is 10.1 Å². The summed E-state index contributed by atoms with van der Waals surface area (Å²) in [6, 6.07) is 11.9. The number of nitrogens with one attached hydrogen (secondary N) is 1. The average molecular weight is 433 g/mol. The molecule has 1 N–H and O–H groups in total. The molecule has 2 aromatic carbocycles. The Labute approximate surface area is 180 Å². The zero-order valence-electron chi connectivity index (χ0n) is 18.6. The van der Waals surface area contributed by atoms with Gasteiger partial charge in [0, 0.05) is 0 Å². The molecular weight excluding hydrogens is 400 g/mol. The topological polar surface area (TPSA) is 75.7 Å². The molecule has 2 rings (SSSR count). The van der Waals surface area contributed by atoms with Crippen LogP contribution in [0.1, 0.15) is 49.9 Å². The molecule has 2 atom stereocenters. The quantitative estimate of drug-likeness (QED) is 0.650. The van der Waals surface area contributed by atoms with Gasteiger partial charge in [0.05, 0.1) is 25.1 Å². The van der Waals surface area contributed by atoms with Crippen LogP contribution in [0.2, 0.25) is 0 Å². The predicted molar refractivity (Wildman–Crippen MR) is 122 cm³/mol. The van der Waals surface area contributed by atoms with Gasteiger partial charge in [-0.1, -0.05) is 38.1 Å². The van der Waals surface area contributed by atoms with Gasteiger partial charge in [0.1, 0.15) is 11.8 Å². The molecule has 7 heteroatoms. The second-order valence-electron chi connectivity index (χ2n) is 7.45. The number of hydrogen-bond acceptors (Lipinski definition) is 4. The van der Waals surface area contributed by atoms with Crippen LogP contribution in [0.3, 0.4) is 0 Å². The molecule has 0 aromatic heterocycles. The van der Waals surface area contributed by atoms with E-state index in [9.17, 15) is 13.2 Å². The molecule has 0 saturated carbocycles. The number of anilines is 1. The van der Waals surface area contributed by atoms with E-state index in [1.54, 1.807) is 26.2 Å². The molecule has 30 heavy (non-hydrogen) atoms. The van der Waals surface area contributed by atoms with Crippen molar-refractivity contribution in [3.05, 3.63) is 59.2 Å². The van der Waals surface area contributed by atoms with Crippen molar-refractivity contribution in [3.8, 4) is 5.75 Å². The summed E-state index contributed by atoms with van der Waals surface area (Å²) in [5.41, 5.74) is 3.51. The molecule has 0 aliphatic rings. The summed E-state index contributed by atoms with van der Waals surface area (Å²) in [7, 11) is -2.03. The Morgan fingerprint density at radius 3 is 2.23 bits per heavy atom. The summed E-state index contributed by atoms with van der Waals surface area (Å²) in [6.45, 7) is 7.57. The highest BCUT2D eigenvalue weighted by Crippen LogP contribution is 2.26. The summed E-state index contributed by atoms with van der Waals surface area (Å²) < 4.78 is 31.5. The lowest BCUT2D eigenvalue weighted by atomic mass is 10.0. The number of rotatable bonds is 9. The van der Waals surface area contributed by atoms with Crippen LogP contribution in [0.25, 0.3) is 0 Å². The van der Waals surface area contributed by atoms with Gasteiger partial charge in [-0.2, -0.15) is 0 Å². The molecule has 0 fully saturated rings. The maximum absolute atomic E-state index is 13.0. The van der Waals surface area contributed by atoms with Gasteiger partial charge in [0.25, 0.3) is 0 Å². The molecule has 0 aliphatic heterocycles. The van der Waals surface area contributed by atoms with E-state index in [-0.39, 0.29) is 11.9 Å². The minimum atomic E-state index is -3.65. The van der Waals surface area contributed by atoms with Gasteiger partial charge in [-0.3, -0.25) is 9.10 Å². The highest BCUT2D eigenvalue weighted by Gasteiger charge is 2.30. The fraction of sp³-hybridized carbons (Fsp3) is 0.435. The first kappa shape index (κ1) is 23.7. The second kappa shape index (κ2) is 9.98. The zero-order valence-corrected chi connectivity index (χ0v) is 19.4. The lowest BCUT2D eigenvalue weighted by molar-refractivity contribution is -0.122. The summed E-state index contributed by atoms with van der Waals surface area (Å²) in [4.78, 5) is 13.0. The van der Waals surface area contributed by atoms with Crippen molar-refractivity contribution in [2.75, 3.05) is 17.7 Å². The summed E-state index contributed by atoms with van der Waals surface area (Å²) in [5, 5.41) is 3.01. The van der Waals surface area contributed by atoms with Crippen LogP contribution in [0.5, 0.6) is 5.75 Å². The van der Waals surface area contributed by atoms with Gasteiger partial charge in [-0.05, 0) is 61.6 Å². The summed E-state index contributed by atoms with van der Waals surface area (Å²) in [5.74, 6) is 0.437. The molecule has 0 saturated heterocycles. The number of ether oxygens (including phenoxy) is 1. The fourth-order valence-electron chi connectivity index (χ4n) is 3.52. The molecule has 2 aromatic rings. The largest absolute Gasteiger partial charge is 0.496 e. The van der Waals surface area contributed by atoms with Crippen molar-refractivity contribution in [2.45, 2.75) is 52.6 Å². The van der Waals surface area contributed by atoms with Crippen molar-refractivity contribution < 1.29 is 17.9 Å². The minimum absolute atomic E-state index is 0.228. The Kier molecular flexibility index (Phi) is 7.89. The maximum atomic E-state index is 13.0. The lowest BCUT2D eigenvalue weighted by Crippen LogP contribution is -2.48. The van der Waals surface area contributed by atoms with Crippen LogP contribution in [-0.4, -0.2) is 33.7 Å². The number of carbonyl (C=O) groups excluding carboxylic acids is 1. The monoisotopic (exact) mass is 432 g/mol. The van der Waals surface area contributed by atoms with Crippen molar-refractivity contribution >= 4 is 21.6 Å². The number of carbonyl (C=O) groups is 1. The van der Waals surface area contributed by atoms with E-state index in [1.807, 2.05) is 51.1 Å². The number of amides is 1. The van der Waals surface area contributed by atoms with Crippen LogP contribution in [0.4, 0.5) is 5.69 Å². The summed E-state index contributed by atoms with van der Waals surface area (Å²) in [6.07, 6.45) is 2.65. The molecule has 6 nitrogen and oxygen atoms in total. The van der Waals surface area contributed by atoms with E-state index in [0.29, 0.717) is 12.1 Å². The highest BCUT2D eigenvalue weighted by atomic mass is 32.2. The smallest absolute Gasteiger partial charge is 0.244 e. The number of nitrogens with zero attached hydrogens (tertiary/aromatic N) is 1. The fourth-order valence-corrected chi connectivity index (χ4v) is 4.69. The van der Waals surface area contributed by atoms with E-state index in [4.69, 9.17) is 4.74 Å². The van der Waals surface area contributed by atoms with Gasteiger partial charge >= 0.3 is 0 Å². The van der Waals surface area contributed by atoms with E-state index in [1.165, 1.54) is 4.31 Å². The molecule has 0 unspecified atom stereocenters. The van der Waals surface area contributed by atoms with Crippen molar-refractivity contribution in [1.29, 1.82) is 0 Å². The molecule has 0 heterocycles. The first-order chi connectivity index (χ1) is 14.1. The molecule has 0 spiro atoms. The van der Waals surface area contributed by atoms with E-state index < -0.39 is 16.1 Å². The minimum Gasteiger partial charge on any atom is -0.496 e. The van der Waals surface area contributed by atoms with Gasteiger partial charge in [-0.15, -0.1) is 0 Å². The van der Waals surface area contributed by atoms with Crippen LogP contribution >= 0.6 is 0 Å². The molecule has 0 bridgehead atoms. The first-order valence-corrected chi connectivity index (χ1v) is 12.0. The summed E-state index contributed by atoms with van der Waals surface area (Å²) >= 11 is 0. The molecular formula is C23H32N2O4S. The van der Waals surface area contributed by atoms with Gasteiger partial charge in [-0.25, -0.2) is 8.42 Å². The third-order valence-electron chi connectivity index (χ3n) is 5.23. The zero-order chi connectivity index (χ0) is 22.5. The van der Waals surface area contributed by atoms with Gasteiger partial charge in [0.2, 0.25) is 15.9 Å². The van der Waals surface area contributed by atoms with Crippen LogP contribution in [0, 0.1) is 6.92 Å². The van der Waals surface area contributed by atoms with E-state index in [2.05, 4.69) is 5.32 Å². The molecule has 1 amide bonds. The SMILES string of the molecule is CCc1ccc(N([C@@H](C)C(=O)N[C@@H](CC)c2ccc(OC)c(C)c2)S(C)(=O)=O)cc1. The first-order valence-electron chi connectivity index (χ1n) is 10.2. The second-order valence-corrected chi connectivity index (χ2v) is 9.31. The van der Waals surface area contributed by atoms with Crippen molar-refractivity contribution in [1.82, 2.24) is 5.32 Å². The Balaban J connectivity index is 2.28. The molecule has 0 radical (unpaired) electrons. The molecule has 164 valence electrons. The predicted octanol–water partition coefficient (Wildman–Crippen LogP) is 3.99. The Bertz CT molecular complexity index is 971. The van der Waals surface area contributed by atoms with E-state index in [0.717, 1.165) is 35.1 Å². The van der Waals surface area contributed by atoms with Crippen molar-refractivity contribution in [3.63, 3.8) is 0 Å². The third kappa shape index (κ3) is 5.53. The molecule has 0 aliphatic carbocycles. The van der Waals surface area contributed by atoms with Crippen LogP contribution in [-0.2, 0) is 21.2 Å². The number of sulfonamides is 1. The number of aryl methyl sites for hydroxylation is 2. The lowest BCUT2D eigenvalue weighted by Gasteiger charge is -2.30. The van der Waals surface area contributed by atoms with Crippen LogP contribution < -0.4 is 14.4 Å².